The highest BCUT2D eigenvalue weighted by Crippen LogP contribution is 2.24. The zero-order valence-corrected chi connectivity index (χ0v) is 5.80. The lowest BCUT2D eigenvalue weighted by molar-refractivity contribution is 0.140. The molecule has 1 heterocycles. The summed E-state index contributed by atoms with van der Waals surface area (Å²) in [6.45, 7) is 1.76. The minimum absolute atomic E-state index is 0.0162. The molecule has 1 unspecified atom stereocenters. The second kappa shape index (κ2) is 2.11. The van der Waals surface area contributed by atoms with E-state index in [2.05, 4.69) is 0 Å². The molecule has 3 nitrogen and oxygen atoms in total. The van der Waals surface area contributed by atoms with Crippen molar-refractivity contribution in [3.05, 3.63) is 0 Å². The van der Waals surface area contributed by atoms with Crippen LogP contribution < -0.4 is 0 Å². The quantitative estimate of drug-likeness (QED) is 0.557. The zero-order valence-electron chi connectivity index (χ0n) is 5.80. The molecule has 1 N–H and O–H groups in total. The van der Waals surface area contributed by atoms with Crippen LogP contribution in [0.2, 0.25) is 0 Å². The average Bonchev–Trinajstić information content (AvgIpc) is 2.10. The minimum atomic E-state index is -1.31. The Morgan fingerprint density at radius 2 is 2.40 bits per heavy atom. The van der Waals surface area contributed by atoms with Crippen LogP contribution in [0.25, 0.3) is 0 Å². The SMILES string of the molecule is CC1(F)CCN(C(=O)O)C1. The Labute approximate surface area is 58.4 Å². The molecule has 1 saturated heterocycles. The van der Waals surface area contributed by atoms with Crippen LogP contribution in [-0.2, 0) is 0 Å². The van der Waals surface area contributed by atoms with Gasteiger partial charge in [0.05, 0.1) is 6.54 Å². The number of likely N-dealkylation sites (tertiary alicyclic amines) is 1. The highest BCUT2D eigenvalue weighted by molar-refractivity contribution is 5.65. The normalized spacial score (nSPS) is 32.8. The fourth-order valence-corrected chi connectivity index (χ4v) is 1.09. The third-order valence-electron chi connectivity index (χ3n) is 1.69. The standard InChI is InChI=1S/C6H10FNO2/c1-6(7)2-3-8(4-6)5(9)10/h2-4H2,1H3,(H,9,10). The smallest absolute Gasteiger partial charge is 0.407 e. The lowest BCUT2D eigenvalue weighted by Gasteiger charge is -2.13. The van der Waals surface area contributed by atoms with Crippen molar-refractivity contribution in [3.8, 4) is 0 Å². The van der Waals surface area contributed by atoms with Crippen molar-refractivity contribution in [2.24, 2.45) is 0 Å². The summed E-state index contributed by atoms with van der Waals surface area (Å²) in [5, 5.41) is 8.40. The van der Waals surface area contributed by atoms with Gasteiger partial charge in [-0.2, -0.15) is 0 Å². The molecule has 4 heteroatoms. The predicted molar refractivity (Wildman–Crippen MR) is 33.7 cm³/mol. The van der Waals surface area contributed by atoms with E-state index < -0.39 is 11.8 Å². The molecule has 1 amide bonds. The first kappa shape index (κ1) is 7.31. The van der Waals surface area contributed by atoms with Gasteiger partial charge in [-0.1, -0.05) is 0 Å². The lowest BCUT2D eigenvalue weighted by Crippen LogP contribution is -2.30. The van der Waals surface area contributed by atoms with Gasteiger partial charge in [-0.25, -0.2) is 9.18 Å². The van der Waals surface area contributed by atoms with Crippen molar-refractivity contribution >= 4 is 6.09 Å². The first-order valence-corrected chi connectivity index (χ1v) is 3.18. The van der Waals surface area contributed by atoms with E-state index in [1.165, 1.54) is 6.92 Å². The topological polar surface area (TPSA) is 40.5 Å². The number of rotatable bonds is 0. The van der Waals surface area contributed by atoms with Gasteiger partial charge in [0.15, 0.2) is 0 Å². The Bertz CT molecular complexity index is 158. The fraction of sp³-hybridized carbons (Fsp3) is 0.833. The van der Waals surface area contributed by atoms with Gasteiger partial charge in [-0.3, -0.25) is 0 Å². The number of carbonyl (C=O) groups is 1. The van der Waals surface area contributed by atoms with E-state index in [9.17, 15) is 9.18 Å². The van der Waals surface area contributed by atoms with Crippen LogP contribution in [0.4, 0.5) is 9.18 Å². The largest absolute Gasteiger partial charge is 0.465 e. The first-order chi connectivity index (χ1) is 4.51. The molecule has 1 aliphatic rings. The second-order valence-corrected chi connectivity index (χ2v) is 2.87. The summed E-state index contributed by atoms with van der Waals surface area (Å²) in [5.41, 5.74) is -1.31. The van der Waals surface area contributed by atoms with E-state index in [-0.39, 0.29) is 6.54 Å². The number of amides is 1. The van der Waals surface area contributed by atoms with Gasteiger partial charge in [-0.05, 0) is 6.92 Å². The number of nitrogens with zero attached hydrogens (tertiary/aromatic N) is 1. The molecule has 1 fully saturated rings. The summed E-state index contributed by atoms with van der Waals surface area (Å²) >= 11 is 0. The van der Waals surface area contributed by atoms with Gasteiger partial charge in [0, 0.05) is 13.0 Å². The Balaban J connectivity index is 2.51. The van der Waals surface area contributed by atoms with Gasteiger partial charge >= 0.3 is 6.09 Å². The van der Waals surface area contributed by atoms with Crippen LogP contribution in [0.15, 0.2) is 0 Å². The molecule has 10 heavy (non-hydrogen) atoms. The third-order valence-corrected chi connectivity index (χ3v) is 1.69. The average molecular weight is 147 g/mol. The van der Waals surface area contributed by atoms with Crippen LogP contribution in [0.3, 0.4) is 0 Å². The van der Waals surface area contributed by atoms with Gasteiger partial charge in [0.1, 0.15) is 5.67 Å². The summed E-state index contributed by atoms with van der Waals surface area (Å²) in [5.74, 6) is 0. The van der Waals surface area contributed by atoms with E-state index in [0.717, 1.165) is 4.90 Å². The Hall–Kier alpha value is -0.800. The number of hydrogen-bond acceptors (Lipinski definition) is 1. The van der Waals surface area contributed by atoms with E-state index >= 15 is 0 Å². The number of carboxylic acid groups (broad SMARTS) is 1. The molecular formula is C6H10FNO2. The highest BCUT2D eigenvalue weighted by Gasteiger charge is 2.35. The van der Waals surface area contributed by atoms with Crippen molar-refractivity contribution in [2.45, 2.75) is 19.0 Å². The van der Waals surface area contributed by atoms with E-state index in [1.54, 1.807) is 0 Å². The molecule has 0 radical (unpaired) electrons. The fourth-order valence-electron chi connectivity index (χ4n) is 1.09. The van der Waals surface area contributed by atoms with Crippen molar-refractivity contribution in [2.75, 3.05) is 13.1 Å². The lowest BCUT2D eigenvalue weighted by atomic mass is 10.1. The Morgan fingerprint density at radius 1 is 1.80 bits per heavy atom. The van der Waals surface area contributed by atoms with Gasteiger partial charge in [0.25, 0.3) is 0 Å². The molecule has 1 aliphatic heterocycles. The van der Waals surface area contributed by atoms with Gasteiger partial charge in [-0.15, -0.1) is 0 Å². The highest BCUT2D eigenvalue weighted by atomic mass is 19.1. The maximum Gasteiger partial charge on any atom is 0.407 e. The summed E-state index contributed by atoms with van der Waals surface area (Å²) in [4.78, 5) is 11.3. The predicted octanol–water partition coefficient (Wildman–Crippen LogP) is 1.10. The number of halogens is 1. The van der Waals surface area contributed by atoms with Crippen LogP contribution >= 0.6 is 0 Å². The van der Waals surface area contributed by atoms with E-state index in [4.69, 9.17) is 5.11 Å². The van der Waals surface area contributed by atoms with Crippen LogP contribution in [0.1, 0.15) is 13.3 Å². The van der Waals surface area contributed by atoms with Gasteiger partial charge < -0.3 is 10.0 Å². The molecule has 0 aromatic heterocycles. The van der Waals surface area contributed by atoms with E-state index in [1.807, 2.05) is 0 Å². The zero-order chi connectivity index (χ0) is 7.78. The number of alkyl halides is 1. The minimum Gasteiger partial charge on any atom is -0.465 e. The summed E-state index contributed by atoms with van der Waals surface area (Å²) in [6.07, 6.45) is -0.708. The molecule has 0 saturated carbocycles. The molecule has 0 spiro atoms. The van der Waals surface area contributed by atoms with Crippen molar-refractivity contribution in [3.63, 3.8) is 0 Å². The summed E-state index contributed by atoms with van der Waals surface area (Å²) < 4.78 is 12.9. The first-order valence-electron chi connectivity index (χ1n) is 3.18. The third kappa shape index (κ3) is 1.37. The molecule has 0 bridgehead atoms. The maximum absolute atomic E-state index is 12.9. The molecule has 1 rings (SSSR count). The molecule has 58 valence electrons. The van der Waals surface area contributed by atoms with Crippen molar-refractivity contribution < 1.29 is 14.3 Å². The Kier molecular flexibility index (Phi) is 1.54. The summed E-state index contributed by atoms with van der Waals surface area (Å²) in [6, 6.07) is 0. The van der Waals surface area contributed by atoms with Crippen LogP contribution in [-0.4, -0.2) is 34.9 Å². The molecule has 0 aromatic rings. The van der Waals surface area contributed by atoms with Crippen molar-refractivity contribution in [1.82, 2.24) is 4.90 Å². The summed E-state index contributed by atoms with van der Waals surface area (Å²) in [7, 11) is 0. The monoisotopic (exact) mass is 147 g/mol. The van der Waals surface area contributed by atoms with Crippen LogP contribution in [0, 0.1) is 0 Å². The van der Waals surface area contributed by atoms with Gasteiger partial charge in [0.2, 0.25) is 0 Å². The number of hydrogen-bond donors (Lipinski definition) is 1. The Morgan fingerprint density at radius 3 is 2.60 bits per heavy atom. The van der Waals surface area contributed by atoms with E-state index in [0.29, 0.717) is 13.0 Å². The molecule has 1 atom stereocenters. The molecule has 0 aromatic carbocycles. The molecular weight excluding hydrogens is 137 g/mol. The second-order valence-electron chi connectivity index (χ2n) is 2.87. The van der Waals surface area contributed by atoms with Crippen LogP contribution in [0.5, 0.6) is 0 Å². The van der Waals surface area contributed by atoms with Crippen molar-refractivity contribution in [1.29, 1.82) is 0 Å². The molecule has 0 aliphatic carbocycles. The maximum atomic E-state index is 12.9.